The molecule has 2 aromatic heterocycles. The van der Waals surface area contributed by atoms with Gasteiger partial charge in [-0.25, -0.2) is 13.4 Å². The van der Waals surface area contributed by atoms with Gasteiger partial charge in [0.15, 0.2) is 11.0 Å². The number of hydrogen-bond donors (Lipinski definition) is 0. The first kappa shape index (κ1) is 23.6. The lowest BCUT2D eigenvalue weighted by atomic mass is 10.2. The van der Waals surface area contributed by atoms with E-state index in [0.717, 1.165) is 16.4 Å². The van der Waals surface area contributed by atoms with Crippen LogP contribution < -0.4 is 0 Å². The largest absolute Gasteiger partial charge is 0.298 e. The number of nitrogens with zero attached hydrogens (tertiary/aromatic N) is 5. The van der Waals surface area contributed by atoms with Gasteiger partial charge in [0, 0.05) is 29.8 Å². The fourth-order valence-electron chi connectivity index (χ4n) is 3.47. The van der Waals surface area contributed by atoms with Gasteiger partial charge in [-0.05, 0) is 17.7 Å². The van der Waals surface area contributed by atoms with E-state index in [2.05, 4.69) is 27.3 Å². The molecule has 0 saturated heterocycles. The smallest absolute Gasteiger partial charge is 0.243 e. The summed E-state index contributed by atoms with van der Waals surface area (Å²) in [6, 6.07) is 17.0. The highest BCUT2D eigenvalue weighted by Gasteiger charge is 2.23. The molecule has 33 heavy (non-hydrogen) atoms. The van der Waals surface area contributed by atoms with Crippen molar-refractivity contribution in [1.82, 2.24) is 24.1 Å². The molecular weight excluding hydrogens is 474 g/mol. The van der Waals surface area contributed by atoms with Crippen molar-refractivity contribution in [1.29, 1.82) is 0 Å². The Bertz CT molecular complexity index is 1280. The normalized spacial score (nSPS) is 11.8. The van der Waals surface area contributed by atoms with Gasteiger partial charge in [-0.2, -0.15) is 4.31 Å². The van der Waals surface area contributed by atoms with E-state index in [0.29, 0.717) is 36.8 Å². The summed E-state index contributed by atoms with van der Waals surface area (Å²) in [4.78, 5) is 4.61. The highest BCUT2D eigenvalue weighted by Crippen LogP contribution is 2.29. The van der Waals surface area contributed by atoms with Gasteiger partial charge in [-0.1, -0.05) is 68.1 Å². The van der Waals surface area contributed by atoms with Gasteiger partial charge in [0.1, 0.15) is 0 Å². The second-order valence-corrected chi connectivity index (χ2v) is 10.9. The second kappa shape index (κ2) is 10.6. The van der Waals surface area contributed by atoms with Crippen molar-refractivity contribution in [2.75, 3.05) is 13.1 Å². The van der Waals surface area contributed by atoms with Crippen LogP contribution >= 0.6 is 23.1 Å². The Kier molecular flexibility index (Phi) is 7.59. The third-order valence-electron chi connectivity index (χ3n) is 5.17. The average Bonchev–Trinajstić information content (AvgIpc) is 3.49. The van der Waals surface area contributed by atoms with Crippen LogP contribution in [0.5, 0.6) is 0 Å². The molecule has 4 rings (SSSR count). The van der Waals surface area contributed by atoms with Crippen LogP contribution in [0.2, 0.25) is 0 Å². The Morgan fingerprint density at radius 1 is 1.03 bits per heavy atom. The van der Waals surface area contributed by atoms with E-state index in [1.165, 1.54) is 4.31 Å². The minimum Gasteiger partial charge on any atom is -0.298 e. The van der Waals surface area contributed by atoms with Gasteiger partial charge in [-0.15, -0.1) is 21.5 Å². The molecule has 10 heteroatoms. The van der Waals surface area contributed by atoms with Crippen LogP contribution in [0.15, 0.2) is 75.5 Å². The minimum atomic E-state index is -3.57. The number of aromatic nitrogens is 4. The first-order valence-electron chi connectivity index (χ1n) is 10.6. The number of sulfonamides is 1. The first-order chi connectivity index (χ1) is 16.0. The van der Waals surface area contributed by atoms with E-state index in [4.69, 9.17) is 0 Å². The summed E-state index contributed by atoms with van der Waals surface area (Å²) < 4.78 is 29.6. The van der Waals surface area contributed by atoms with Gasteiger partial charge in [0.25, 0.3) is 0 Å². The van der Waals surface area contributed by atoms with Crippen molar-refractivity contribution in [3.05, 3.63) is 76.7 Å². The van der Waals surface area contributed by atoms with Gasteiger partial charge < -0.3 is 0 Å². The van der Waals surface area contributed by atoms with Crippen molar-refractivity contribution in [2.45, 2.75) is 36.2 Å². The predicted molar refractivity (Wildman–Crippen MR) is 133 cm³/mol. The molecule has 4 aromatic rings. The lowest BCUT2D eigenvalue weighted by molar-refractivity contribution is 0.445. The number of thioether (sulfide) groups is 1. The van der Waals surface area contributed by atoms with Crippen LogP contribution in [0.4, 0.5) is 0 Å². The summed E-state index contributed by atoms with van der Waals surface area (Å²) in [5.74, 6) is 1.32. The van der Waals surface area contributed by atoms with E-state index in [1.54, 1.807) is 41.3 Å². The Morgan fingerprint density at radius 2 is 1.82 bits per heavy atom. The Morgan fingerprint density at radius 3 is 2.52 bits per heavy atom. The zero-order chi connectivity index (χ0) is 23.3. The van der Waals surface area contributed by atoms with Gasteiger partial charge in [0.2, 0.25) is 10.0 Å². The molecule has 0 N–H and O–H groups in total. The lowest BCUT2D eigenvalue weighted by Gasteiger charge is -2.19. The van der Waals surface area contributed by atoms with Crippen molar-refractivity contribution in [3.63, 3.8) is 0 Å². The fourth-order valence-corrected chi connectivity index (χ4v) is 6.48. The van der Waals surface area contributed by atoms with Crippen LogP contribution in [0.1, 0.15) is 25.1 Å². The van der Waals surface area contributed by atoms with E-state index < -0.39 is 10.0 Å². The van der Waals surface area contributed by atoms with Crippen LogP contribution in [0, 0.1) is 0 Å². The SMILES string of the molecule is CCN(CC)S(=O)(=O)c1cccc(-c2nnc(SCc3cscn3)n2Cc2ccccc2)c1. The monoisotopic (exact) mass is 499 g/mol. The molecule has 0 fully saturated rings. The average molecular weight is 500 g/mol. The summed E-state index contributed by atoms with van der Waals surface area (Å²) in [5.41, 5.74) is 4.64. The Balaban J connectivity index is 1.72. The van der Waals surface area contributed by atoms with Gasteiger partial charge in [0.05, 0.1) is 22.6 Å². The first-order valence-corrected chi connectivity index (χ1v) is 14.0. The summed E-state index contributed by atoms with van der Waals surface area (Å²) in [6.07, 6.45) is 0. The molecular formula is C23H25N5O2S3. The molecule has 0 amide bonds. The molecule has 2 aromatic carbocycles. The number of thiazole rings is 1. The highest BCUT2D eigenvalue weighted by molar-refractivity contribution is 7.98. The van der Waals surface area contributed by atoms with Crippen molar-refractivity contribution < 1.29 is 8.42 Å². The predicted octanol–water partition coefficient (Wildman–Crippen LogP) is 4.77. The van der Waals surface area contributed by atoms with Crippen LogP contribution in [-0.4, -0.2) is 45.6 Å². The summed E-state index contributed by atoms with van der Waals surface area (Å²) in [5, 5.41) is 11.7. The maximum absolute atomic E-state index is 13.1. The highest BCUT2D eigenvalue weighted by atomic mass is 32.2. The minimum absolute atomic E-state index is 0.259. The number of benzene rings is 2. The van der Waals surface area contributed by atoms with Crippen molar-refractivity contribution in [2.24, 2.45) is 0 Å². The van der Waals surface area contributed by atoms with E-state index >= 15 is 0 Å². The third kappa shape index (κ3) is 5.35. The standard InChI is InChI=1S/C23H25N5O2S3/c1-3-27(4-2)33(29,30)21-12-8-11-19(13-21)22-25-26-23(32-16-20-15-31-17-24-20)28(22)14-18-9-6-5-7-10-18/h5-13,15,17H,3-4,14,16H2,1-2H3. The molecule has 0 bridgehead atoms. The van der Waals surface area contributed by atoms with Gasteiger partial charge in [-0.3, -0.25) is 4.57 Å². The van der Waals surface area contributed by atoms with Crippen molar-refractivity contribution in [3.8, 4) is 11.4 Å². The molecule has 0 spiro atoms. The van der Waals surface area contributed by atoms with E-state index in [1.807, 2.05) is 53.6 Å². The van der Waals surface area contributed by atoms with E-state index in [9.17, 15) is 8.42 Å². The zero-order valence-corrected chi connectivity index (χ0v) is 20.9. The molecule has 0 aliphatic rings. The molecule has 2 heterocycles. The second-order valence-electron chi connectivity index (χ2n) is 7.26. The summed E-state index contributed by atoms with van der Waals surface area (Å²) in [6.45, 7) is 5.10. The Hall–Kier alpha value is -2.53. The summed E-state index contributed by atoms with van der Waals surface area (Å²) >= 11 is 3.13. The maximum Gasteiger partial charge on any atom is 0.243 e. The molecule has 7 nitrogen and oxygen atoms in total. The topological polar surface area (TPSA) is 81.0 Å². The van der Waals surface area contributed by atoms with Crippen LogP contribution in [0.25, 0.3) is 11.4 Å². The quantitative estimate of drug-likeness (QED) is 0.292. The number of rotatable bonds is 10. The van der Waals surface area contributed by atoms with Gasteiger partial charge >= 0.3 is 0 Å². The fraction of sp³-hybridized carbons (Fsp3) is 0.261. The molecule has 0 saturated carbocycles. The Labute approximate surface area is 202 Å². The van der Waals surface area contributed by atoms with Crippen LogP contribution in [0.3, 0.4) is 0 Å². The van der Waals surface area contributed by atoms with Crippen molar-refractivity contribution >= 4 is 33.1 Å². The van der Waals surface area contributed by atoms with Crippen LogP contribution in [-0.2, 0) is 22.3 Å². The molecule has 0 radical (unpaired) electrons. The lowest BCUT2D eigenvalue weighted by Crippen LogP contribution is -2.30. The molecule has 0 unspecified atom stereocenters. The number of hydrogen-bond acceptors (Lipinski definition) is 7. The zero-order valence-electron chi connectivity index (χ0n) is 18.5. The van der Waals surface area contributed by atoms with E-state index in [-0.39, 0.29) is 4.90 Å². The third-order valence-corrected chi connectivity index (χ3v) is 8.85. The summed E-state index contributed by atoms with van der Waals surface area (Å²) in [7, 11) is -3.57. The molecule has 172 valence electrons. The molecule has 0 atom stereocenters. The maximum atomic E-state index is 13.1. The molecule has 0 aliphatic carbocycles. The molecule has 0 aliphatic heterocycles.